The van der Waals surface area contributed by atoms with E-state index in [1.54, 1.807) is 0 Å². The van der Waals surface area contributed by atoms with Crippen molar-refractivity contribution in [3.8, 4) is 0 Å². The van der Waals surface area contributed by atoms with E-state index in [4.69, 9.17) is 4.74 Å². The number of likely N-dealkylation sites (tertiary alicyclic amines) is 1. The molecule has 1 aliphatic heterocycles. The zero-order chi connectivity index (χ0) is 20.5. The zero-order valence-corrected chi connectivity index (χ0v) is 19.0. The van der Waals surface area contributed by atoms with Crippen LogP contribution in [0.2, 0.25) is 0 Å². The first-order valence-corrected chi connectivity index (χ1v) is 12.8. The maximum atomic E-state index is 12.5. The van der Waals surface area contributed by atoms with Crippen molar-refractivity contribution in [2.45, 2.75) is 109 Å². The lowest BCUT2D eigenvalue weighted by molar-refractivity contribution is -0.146. The number of ether oxygens (including phenoxy) is 1. The molecule has 3 heteroatoms. The van der Waals surface area contributed by atoms with Crippen molar-refractivity contribution in [1.82, 2.24) is 4.90 Å². The Balaban J connectivity index is 1.31. The van der Waals surface area contributed by atoms with Crippen molar-refractivity contribution >= 4 is 5.97 Å². The highest BCUT2D eigenvalue weighted by Crippen LogP contribution is 2.41. The quantitative estimate of drug-likeness (QED) is 0.249. The van der Waals surface area contributed by atoms with Gasteiger partial charge in [0.1, 0.15) is 6.10 Å². The van der Waals surface area contributed by atoms with E-state index in [1.807, 2.05) is 0 Å². The number of carbonyl (C=O) groups excluding carboxylic acids is 1. The molecule has 1 heterocycles. The van der Waals surface area contributed by atoms with Gasteiger partial charge in [0.05, 0.1) is 0 Å². The maximum Gasteiger partial charge on any atom is 0.334 e. The third-order valence-corrected chi connectivity index (χ3v) is 7.92. The van der Waals surface area contributed by atoms with Crippen molar-refractivity contribution < 1.29 is 9.53 Å². The van der Waals surface area contributed by atoms with Crippen molar-refractivity contribution in [3.63, 3.8) is 0 Å². The molecule has 0 aromatic carbocycles. The van der Waals surface area contributed by atoms with E-state index in [9.17, 15) is 4.79 Å². The molecule has 3 rings (SSSR count). The van der Waals surface area contributed by atoms with Gasteiger partial charge in [0.15, 0.2) is 0 Å². The van der Waals surface area contributed by atoms with E-state index >= 15 is 0 Å². The fraction of sp³-hybridized carbons (Fsp3) is 0.885. The van der Waals surface area contributed by atoms with Gasteiger partial charge in [-0.25, -0.2) is 4.79 Å². The first-order valence-electron chi connectivity index (χ1n) is 12.8. The Morgan fingerprint density at radius 2 is 1.52 bits per heavy atom. The Morgan fingerprint density at radius 3 is 2.14 bits per heavy atom. The van der Waals surface area contributed by atoms with Crippen LogP contribution in [0.15, 0.2) is 12.2 Å². The molecule has 0 unspecified atom stereocenters. The second-order valence-electron chi connectivity index (χ2n) is 10.2. The number of esters is 1. The van der Waals surface area contributed by atoms with Gasteiger partial charge in [-0.15, -0.1) is 0 Å². The van der Waals surface area contributed by atoms with Crippen LogP contribution in [-0.4, -0.2) is 36.6 Å². The molecule has 0 aromatic heterocycles. The minimum atomic E-state index is -0.147. The molecular formula is C26H45NO2. The van der Waals surface area contributed by atoms with E-state index < -0.39 is 0 Å². The van der Waals surface area contributed by atoms with Gasteiger partial charge in [-0.2, -0.15) is 0 Å². The summed E-state index contributed by atoms with van der Waals surface area (Å²) in [5.41, 5.74) is 0.649. The van der Waals surface area contributed by atoms with Gasteiger partial charge in [0.2, 0.25) is 0 Å². The van der Waals surface area contributed by atoms with E-state index in [0.717, 1.165) is 43.7 Å². The largest absolute Gasteiger partial charge is 0.459 e. The molecule has 166 valence electrons. The molecule has 0 aromatic rings. The lowest BCUT2D eigenvalue weighted by atomic mass is 9.70. The zero-order valence-electron chi connectivity index (χ0n) is 19.0. The summed E-state index contributed by atoms with van der Waals surface area (Å²) in [5.74, 6) is 2.66. The smallest absolute Gasteiger partial charge is 0.334 e. The van der Waals surface area contributed by atoms with Crippen LogP contribution >= 0.6 is 0 Å². The summed E-state index contributed by atoms with van der Waals surface area (Å²) >= 11 is 0. The van der Waals surface area contributed by atoms with Crippen LogP contribution in [-0.2, 0) is 9.53 Å². The Morgan fingerprint density at radius 1 is 0.897 bits per heavy atom. The van der Waals surface area contributed by atoms with Gasteiger partial charge in [-0.1, -0.05) is 58.4 Å². The molecule has 0 radical (unpaired) electrons. The van der Waals surface area contributed by atoms with Crippen LogP contribution < -0.4 is 0 Å². The molecule has 0 bridgehead atoms. The summed E-state index contributed by atoms with van der Waals surface area (Å²) in [6, 6.07) is 0. The Hall–Kier alpha value is -0.830. The Bertz CT molecular complexity index is 495. The van der Waals surface area contributed by atoms with Gasteiger partial charge in [0, 0.05) is 12.1 Å². The van der Waals surface area contributed by atoms with Crippen LogP contribution in [0.25, 0.3) is 0 Å². The van der Waals surface area contributed by atoms with Gasteiger partial charge in [-0.3, -0.25) is 4.90 Å². The molecule has 0 atom stereocenters. The summed E-state index contributed by atoms with van der Waals surface area (Å²) in [7, 11) is 0. The van der Waals surface area contributed by atoms with Crippen LogP contribution in [0.4, 0.5) is 0 Å². The van der Waals surface area contributed by atoms with E-state index in [2.05, 4.69) is 18.4 Å². The number of hydrogen-bond donors (Lipinski definition) is 0. The number of unbranched alkanes of at least 4 members (excludes halogenated alkanes) is 2. The summed E-state index contributed by atoms with van der Waals surface area (Å²) < 4.78 is 5.84. The fourth-order valence-electron chi connectivity index (χ4n) is 6.00. The number of carbonyl (C=O) groups is 1. The molecule has 3 fully saturated rings. The van der Waals surface area contributed by atoms with Gasteiger partial charge >= 0.3 is 5.97 Å². The number of piperidine rings is 1. The van der Waals surface area contributed by atoms with Crippen LogP contribution in [0.1, 0.15) is 103 Å². The Kier molecular flexibility index (Phi) is 9.55. The first-order chi connectivity index (χ1) is 14.2. The van der Waals surface area contributed by atoms with Crippen LogP contribution in [0.5, 0.6) is 0 Å². The van der Waals surface area contributed by atoms with Crippen molar-refractivity contribution in [2.75, 3.05) is 19.6 Å². The molecule has 0 amide bonds. The summed E-state index contributed by atoms with van der Waals surface area (Å²) in [5, 5.41) is 0. The predicted octanol–water partition coefficient (Wildman–Crippen LogP) is 6.52. The third kappa shape index (κ3) is 7.42. The normalized spacial score (nSPS) is 31.3. The summed E-state index contributed by atoms with van der Waals surface area (Å²) in [6.45, 7) is 9.20. The fourth-order valence-corrected chi connectivity index (χ4v) is 6.00. The van der Waals surface area contributed by atoms with Crippen LogP contribution in [0.3, 0.4) is 0 Å². The SMILES string of the molecule is C=C(CN1CCCCC1)C(=O)OC1CCC(C2CCC(CCCCC)CC2)CC1. The highest BCUT2D eigenvalue weighted by atomic mass is 16.5. The number of hydrogen-bond acceptors (Lipinski definition) is 3. The second-order valence-corrected chi connectivity index (χ2v) is 10.2. The molecule has 0 spiro atoms. The molecule has 1 saturated heterocycles. The minimum Gasteiger partial charge on any atom is -0.459 e. The van der Waals surface area contributed by atoms with Gasteiger partial charge < -0.3 is 4.74 Å². The highest BCUT2D eigenvalue weighted by molar-refractivity contribution is 5.88. The van der Waals surface area contributed by atoms with E-state index in [-0.39, 0.29) is 12.1 Å². The van der Waals surface area contributed by atoms with Crippen molar-refractivity contribution in [2.24, 2.45) is 17.8 Å². The van der Waals surface area contributed by atoms with Crippen LogP contribution in [0, 0.1) is 17.8 Å². The first kappa shape index (κ1) is 22.8. The topological polar surface area (TPSA) is 29.5 Å². The van der Waals surface area contributed by atoms with Gasteiger partial charge in [0.25, 0.3) is 0 Å². The summed E-state index contributed by atoms with van der Waals surface area (Å²) in [6.07, 6.45) is 20.0. The molecule has 3 aliphatic rings. The van der Waals surface area contributed by atoms with E-state index in [1.165, 1.54) is 83.5 Å². The second kappa shape index (κ2) is 12.1. The number of rotatable bonds is 9. The lowest BCUT2D eigenvalue weighted by Gasteiger charge is -2.37. The molecule has 2 aliphatic carbocycles. The monoisotopic (exact) mass is 403 g/mol. The average molecular weight is 404 g/mol. The lowest BCUT2D eigenvalue weighted by Crippen LogP contribution is -2.34. The maximum absolute atomic E-state index is 12.5. The molecular weight excluding hydrogens is 358 g/mol. The predicted molar refractivity (Wildman–Crippen MR) is 121 cm³/mol. The highest BCUT2D eigenvalue weighted by Gasteiger charge is 2.32. The third-order valence-electron chi connectivity index (χ3n) is 7.92. The molecule has 29 heavy (non-hydrogen) atoms. The van der Waals surface area contributed by atoms with Gasteiger partial charge in [-0.05, 0) is 82.2 Å². The molecule has 2 saturated carbocycles. The molecule has 0 N–H and O–H groups in total. The minimum absolute atomic E-state index is 0.127. The summed E-state index contributed by atoms with van der Waals surface area (Å²) in [4.78, 5) is 14.8. The average Bonchev–Trinajstić information content (AvgIpc) is 2.76. The van der Waals surface area contributed by atoms with Crippen molar-refractivity contribution in [1.29, 1.82) is 0 Å². The van der Waals surface area contributed by atoms with E-state index in [0.29, 0.717) is 12.1 Å². The van der Waals surface area contributed by atoms with Crippen molar-refractivity contribution in [3.05, 3.63) is 12.2 Å². The standard InChI is InChI=1S/C26H45NO2/c1-3-4-6-9-22-10-12-23(13-11-22)24-14-16-25(17-15-24)29-26(28)21(2)20-27-18-7-5-8-19-27/h22-25H,2-20H2,1H3. The Labute approximate surface area is 179 Å². The number of nitrogens with zero attached hydrogens (tertiary/aromatic N) is 1. The molecule has 3 nitrogen and oxygen atoms in total.